The molecular weight excluding hydrogens is 272 g/mol. The Balaban J connectivity index is 2.04. The molecular formula is C15H18N2O2S. The number of rotatable bonds is 4. The lowest BCUT2D eigenvalue weighted by molar-refractivity contribution is 0.539. The molecule has 1 aliphatic carbocycles. The second kappa shape index (κ2) is 4.75. The monoisotopic (exact) mass is 290 g/mol. The van der Waals surface area contributed by atoms with Crippen LogP contribution in [0.15, 0.2) is 41.3 Å². The molecule has 0 heterocycles. The van der Waals surface area contributed by atoms with Gasteiger partial charge in [0.2, 0.25) is 10.0 Å². The van der Waals surface area contributed by atoms with Crippen LogP contribution in [0.1, 0.15) is 19.8 Å². The van der Waals surface area contributed by atoms with Crippen molar-refractivity contribution >= 4 is 26.5 Å². The summed E-state index contributed by atoms with van der Waals surface area (Å²) in [6.45, 7) is 1.93. The molecule has 0 radical (unpaired) electrons. The number of benzene rings is 2. The molecule has 1 atom stereocenters. The van der Waals surface area contributed by atoms with E-state index >= 15 is 0 Å². The SMILES string of the molecule is CC(NS(=O)(=O)c1cccc2cc(N)ccc12)C1CC1. The first-order valence-corrected chi connectivity index (χ1v) is 8.26. The number of nitrogens with two attached hydrogens (primary N) is 1. The molecule has 0 bridgehead atoms. The van der Waals surface area contributed by atoms with Crippen LogP contribution in [0.4, 0.5) is 5.69 Å². The Kier molecular flexibility index (Phi) is 3.18. The van der Waals surface area contributed by atoms with Gasteiger partial charge in [0, 0.05) is 17.1 Å². The van der Waals surface area contributed by atoms with Crippen molar-refractivity contribution < 1.29 is 8.42 Å². The Morgan fingerprint density at radius 2 is 2.00 bits per heavy atom. The van der Waals surface area contributed by atoms with Crippen LogP contribution >= 0.6 is 0 Å². The minimum atomic E-state index is -3.49. The fourth-order valence-electron chi connectivity index (χ4n) is 2.51. The van der Waals surface area contributed by atoms with Crippen molar-refractivity contribution in [2.75, 3.05) is 5.73 Å². The summed E-state index contributed by atoms with van der Waals surface area (Å²) < 4.78 is 27.8. The first-order valence-electron chi connectivity index (χ1n) is 6.78. The smallest absolute Gasteiger partial charge is 0.241 e. The highest BCUT2D eigenvalue weighted by Crippen LogP contribution is 2.33. The third-order valence-electron chi connectivity index (χ3n) is 3.82. The zero-order chi connectivity index (χ0) is 14.3. The minimum Gasteiger partial charge on any atom is -0.399 e. The van der Waals surface area contributed by atoms with Crippen LogP contribution in [0.25, 0.3) is 10.8 Å². The van der Waals surface area contributed by atoms with E-state index in [1.165, 1.54) is 0 Å². The molecule has 0 spiro atoms. The predicted octanol–water partition coefficient (Wildman–Crippen LogP) is 2.50. The third kappa shape index (κ3) is 2.51. The normalized spacial score (nSPS) is 17.2. The van der Waals surface area contributed by atoms with Crippen molar-refractivity contribution in [1.29, 1.82) is 0 Å². The maximum atomic E-state index is 12.5. The highest BCUT2D eigenvalue weighted by molar-refractivity contribution is 7.89. The molecule has 4 nitrogen and oxygen atoms in total. The summed E-state index contributed by atoms with van der Waals surface area (Å²) in [4.78, 5) is 0.322. The van der Waals surface area contributed by atoms with Gasteiger partial charge < -0.3 is 5.73 Å². The summed E-state index contributed by atoms with van der Waals surface area (Å²) in [6, 6.07) is 10.5. The molecule has 106 valence electrons. The second-order valence-electron chi connectivity index (χ2n) is 5.48. The van der Waals surface area contributed by atoms with Crippen molar-refractivity contribution in [3.63, 3.8) is 0 Å². The Morgan fingerprint density at radius 3 is 2.70 bits per heavy atom. The minimum absolute atomic E-state index is 0.0102. The third-order valence-corrected chi connectivity index (χ3v) is 5.44. The lowest BCUT2D eigenvalue weighted by Gasteiger charge is -2.14. The standard InChI is InChI=1S/C15H18N2O2S/c1-10(11-5-6-11)17-20(18,19)15-4-2-3-12-9-13(16)7-8-14(12)15/h2-4,7-11,17H,5-6,16H2,1H3. The molecule has 0 saturated heterocycles. The number of nitrogen functional groups attached to an aromatic ring is 1. The summed E-state index contributed by atoms with van der Waals surface area (Å²) in [6.07, 6.45) is 2.21. The molecule has 1 unspecified atom stereocenters. The number of nitrogens with one attached hydrogen (secondary N) is 1. The predicted molar refractivity (Wildman–Crippen MR) is 80.9 cm³/mol. The van der Waals surface area contributed by atoms with Gasteiger partial charge in [0.05, 0.1) is 4.90 Å². The number of hydrogen-bond acceptors (Lipinski definition) is 3. The van der Waals surface area contributed by atoms with E-state index in [-0.39, 0.29) is 6.04 Å². The van der Waals surface area contributed by atoms with Crippen molar-refractivity contribution in [1.82, 2.24) is 4.72 Å². The summed E-state index contributed by atoms with van der Waals surface area (Å²) >= 11 is 0. The van der Waals surface area contributed by atoms with Crippen LogP contribution < -0.4 is 10.5 Å². The molecule has 0 aliphatic heterocycles. The maximum absolute atomic E-state index is 12.5. The average molecular weight is 290 g/mol. The molecule has 1 aliphatic rings. The van der Waals surface area contributed by atoms with Crippen LogP contribution in [-0.4, -0.2) is 14.5 Å². The van der Waals surface area contributed by atoms with Gasteiger partial charge in [-0.05, 0) is 49.3 Å². The van der Waals surface area contributed by atoms with Gasteiger partial charge >= 0.3 is 0 Å². The molecule has 1 saturated carbocycles. The largest absolute Gasteiger partial charge is 0.399 e. The van der Waals surface area contributed by atoms with Crippen molar-refractivity contribution in [3.05, 3.63) is 36.4 Å². The molecule has 3 rings (SSSR count). The molecule has 20 heavy (non-hydrogen) atoms. The molecule has 1 fully saturated rings. The van der Waals surface area contributed by atoms with Gasteiger partial charge in [-0.3, -0.25) is 0 Å². The Morgan fingerprint density at radius 1 is 1.25 bits per heavy atom. The van der Waals surface area contributed by atoms with Gasteiger partial charge in [-0.1, -0.05) is 18.2 Å². The molecule has 0 aromatic heterocycles. The Hall–Kier alpha value is -1.59. The van der Waals surface area contributed by atoms with Crippen LogP contribution in [0.5, 0.6) is 0 Å². The van der Waals surface area contributed by atoms with E-state index < -0.39 is 10.0 Å². The van der Waals surface area contributed by atoms with Crippen LogP contribution in [0.2, 0.25) is 0 Å². The molecule has 5 heteroatoms. The van der Waals surface area contributed by atoms with Crippen LogP contribution in [0.3, 0.4) is 0 Å². The highest BCUT2D eigenvalue weighted by atomic mass is 32.2. The zero-order valence-electron chi connectivity index (χ0n) is 11.3. The van der Waals surface area contributed by atoms with Gasteiger partial charge in [0.25, 0.3) is 0 Å². The van der Waals surface area contributed by atoms with Gasteiger partial charge in [-0.2, -0.15) is 0 Å². The summed E-state index contributed by atoms with van der Waals surface area (Å²) in [5.41, 5.74) is 6.38. The average Bonchev–Trinajstić information content (AvgIpc) is 3.21. The number of sulfonamides is 1. The van der Waals surface area contributed by atoms with E-state index in [0.29, 0.717) is 21.9 Å². The van der Waals surface area contributed by atoms with E-state index in [4.69, 9.17) is 5.73 Å². The first-order chi connectivity index (χ1) is 9.47. The van der Waals surface area contributed by atoms with E-state index in [2.05, 4.69) is 4.72 Å². The Labute approximate surface area is 119 Å². The maximum Gasteiger partial charge on any atom is 0.241 e. The molecule has 3 N–H and O–H groups in total. The lowest BCUT2D eigenvalue weighted by atomic mass is 10.1. The summed E-state index contributed by atoms with van der Waals surface area (Å²) in [5.74, 6) is 0.482. The second-order valence-corrected chi connectivity index (χ2v) is 7.17. The fourth-order valence-corrected chi connectivity index (χ4v) is 4.05. The number of fused-ring (bicyclic) bond motifs is 1. The van der Waals surface area contributed by atoms with E-state index in [1.807, 2.05) is 13.0 Å². The molecule has 2 aromatic rings. The van der Waals surface area contributed by atoms with Crippen molar-refractivity contribution in [2.45, 2.75) is 30.7 Å². The van der Waals surface area contributed by atoms with Crippen molar-refractivity contribution in [2.24, 2.45) is 5.92 Å². The van der Waals surface area contributed by atoms with Crippen molar-refractivity contribution in [3.8, 4) is 0 Å². The zero-order valence-corrected chi connectivity index (χ0v) is 12.2. The van der Waals surface area contributed by atoms with Crippen LogP contribution in [-0.2, 0) is 10.0 Å². The van der Waals surface area contributed by atoms with Gasteiger partial charge in [-0.15, -0.1) is 0 Å². The molecule has 0 amide bonds. The lowest BCUT2D eigenvalue weighted by Crippen LogP contribution is -2.34. The number of anilines is 1. The highest BCUT2D eigenvalue weighted by Gasteiger charge is 2.31. The van der Waals surface area contributed by atoms with E-state index in [9.17, 15) is 8.42 Å². The number of hydrogen-bond donors (Lipinski definition) is 2. The topological polar surface area (TPSA) is 72.2 Å². The fraction of sp³-hybridized carbons (Fsp3) is 0.333. The van der Waals surface area contributed by atoms with Gasteiger partial charge in [-0.25, -0.2) is 13.1 Å². The van der Waals surface area contributed by atoms with Gasteiger partial charge in [0.1, 0.15) is 0 Å². The Bertz CT molecular complexity index is 752. The van der Waals surface area contributed by atoms with Gasteiger partial charge in [0.15, 0.2) is 0 Å². The van der Waals surface area contributed by atoms with Crippen LogP contribution in [0, 0.1) is 5.92 Å². The quantitative estimate of drug-likeness (QED) is 0.850. The van der Waals surface area contributed by atoms with E-state index in [0.717, 1.165) is 18.2 Å². The first kappa shape index (κ1) is 13.4. The van der Waals surface area contributed by atoms with E-state index in [1.54, 1.807) is 30.3 Å². The molecule has 2 aromatic carbocycles. The summed E-state index contributed by atoms with van der Waals surface area (Å²) in [5, 5.41) is 1.55. The summed E-state index contributed by atoms with van der Waals surface area (Å²) in [7, 11) is -3.49.